The van der Waals surface area contributed by atoms with E-state index in [1.165, 1.54) is 12.0 Å². The van der Waals surface area contributed by atoms with Crippen molar-refractivity contribution < 1.29 is 19.1 Å². The van der Waals surface area contributed by atoms with Gasteiger partial charge in [0.25, 0.3) is 0 Å². The van der Waals surface area contributed by atoms with Crippen LogP contribution in [0, 0.1) is 0 Å². The minimum absolute atomic E-state index is 0.142. The molecule has 0 aliphatic carbocycles. The Morgan fingerprint density at radius 3 is 2.25 bits per heavy atom. The fourth-order valence-electron chi connectivity index (χ4n) is 3.52. The van der Waals surface area contributed by atoms with Crippen molar-refractivity contribution in [3.63, 3.8) is 0 Å². The summed E-state index contributed by atoms with van der Waals surface area (Å²) in [6.45, 7) is 9.74. The third-order valence-electron chi connectivity index (χ3n) is 5.61. The minimum Gasteiger partial charge on any atom is -0.497 e. The van der Waals surface area contributed by atoms with E-state index in [1.807, 2.05) is 50.2 Å². The molecule has 0 unspecified atom stereocenters. The first-order valence-corrected chi connectivity index (χ1v) is 11.8. The Morgan fingerprint density at radius 1 is 1.00 bits per heavy atom. The highest BCUT2D eigenvalue weighted by Gasteiger charge is 2.24. The number of carbonyl (C=O) groups excluding carboxylic acids is 2. The Bertz CT molecular complexity index is 1200. The van der Waals surface area contributed by atoms with E-state index in [0.717, 1.165) is 17.1 Å². The molecule has 0 aliphatic heterocycles. The number of carbonyl (C=O) groups is 2. The maximum absolute atomic E-state index is 13.1. The maximum Gasteiger partial charge on any atom is 0.322 e. The molecule has 0 bridgehead atoms. The molecule has 9 nitrogen and oxygen atoms in total. The zero-order valence-electron chi connectivity index (χ0n) is 22.0. The lowest BCUT2D eigenvalue weighted by Crippen LogP contribution is -2.44. The molecule has 0 atom stereocenters. The van der Waals surface area contributed by atoms with E-state index in [0.29, 0.717) is 17.3 Å². The number of nitrogens with zero attached hydrogens (tertiary/aromatic N) is 3. The second-order valence-electron chi connectivity index (χ2n) is 9.67. The van der Waals surface area contributed by atoms with Crippen LogP contribution in [-0.2, 0) is 10.2 Å². The highest BCUT2D eigenvalue weighted by atomic mass is 16.5. The summed E-state index contributed by atoms with van der Waals surface area (Å²) in [6, 6.07) is 15.8. The average Bonchev–Trinajstić information content (AvgIpc) is 3.27. The summed E-state index contributed by atoms with van der Waals surface area (Å²) >= 11 is 0. The molecule has 3 rings (SSSR count). The Labute approximate surface area is 212 Å². The monoisotopic (exact) mass is 493 g/mol. The second-order valence-corrected chi connectivity index (χ2v) is 9.67. The molecule has 2 N–H and O–H groups in total. The van der Waals surface area contributed by atoms with Crippen molar-refractivity contribution in [1.82, 2.24) is 14.7 Å². The van der Waals surface area contributed by atoms with Crippen molar-refractivity contribution in [3.8, 4) is 17.2 Å². The van der Waals surface area contributed by atoms with Gasteiger partial charge in [0, 0.05) is 17.5 Å². The topological polar surface area (TPSA) is 97.7 Å². The Hall–Kier alpha value is -4.01. The SMILES string of the molecule is COc1ccc(-n2nc(C(C)(C)C)cc2NC(=O)CN(C(=O)Nc2ccccc2OC)C(C)C)cc1. The van der Waals surface area contributed by atoms with Crippen molar-refractivity contribution >= 4 is 23.4 Å². The highest BCUT2D eigenvalue weighted by Crippen LogP contribution is 2.27. The van der Waals surface area contributed by atoms with Crippen LogP contribution >= 0.6 is 0 Å². The fraction of sp³-hybridized carbons (Fsp3) is 0.370. The summed E-state index contributed by atoms with van der Waals surface area (Å²) in [5.41, 5.74) is 1.90. The third-order valence-corrected chi connectivity index (χ3v) is 5.61. The number of aromatic nitrogens is 2. The van der Waals surface area contributed by atoms with E-state index in [2.05, 4.69) is 31.4 Å². The largest absolute Gasteiger partial charge is 0.497 e. The van der Waals surface area contributed by atoms with Crippen LogP contribution in [0.5, 0.6) is 11.5 Å². The summed E-state index contributed by atoms with van der Waals surface area (Å²) < 4.78 is 12.3. The number of benzene rings is 2. The Kier molecular flexibility index (Phi) is 8.24. The number of hydrogen-bond donors (Lipinski definition) is 2. The summed E-state index contributed by atoms with van der Waals surface area (Å²) in [5, 5.41) is 10.5. The smallest absolute Gasteiger partial charge is 0.322 e. The van der Waals surface area contributed by atoms with Crippen LogP contribution in [0.1, 0.15) is 40.3 Å². The molecule has 192 valence electrons. The number of para-hydroxylation sites is 2. The van der Waals surface area contributed by atoms with Crippen molar-refractivity contribution in [2.75, 3.05) is 31.4 Å². The maximum atomic E-state index is 13.1. The quantitative estimate of drug-likeness (QED) is 0.457. The number of hydrogen-bond acceptors (Lipinski definition) is 5. The number of methoxy groups -OCH3 is 2. The van der Waals surface area contributed by atoms with Gasteiger partial charge in [0.2, 0.25) is 5.91 Å². The molecule has 36 heavy (non-hydrogen) atoms. The molecule has 1 aromatic heterocycles. The molecule has 9 heteroatoms. The molecule has 1 heterocycles. The van der Waals surface area contributed by atoms with Crippen LogP contribution in [0.15, 0.2) is 54.6 Å². The Balaban J connectivity index is 1.82. The van der Waals surface area contributed by atoms with E-state index in [1.54, 1.807) is 30.0 Å². The van der Waals surface area contributed by atoms with E-state index in [4.69, 9.17) is 14.6 Å². The molecule has 0 saturated carbocycles. The van der Waals surface area contributed by atoms with E-state index in [9.17, 15) is 9.59 Å². The average molecular weight is 494 g/mol. The molecule has 0 saturated heterocycles. The third kappa shape index (κ3) is 6.35. The molecule has 3 amide bonds. The molecule has 0 spiro atoms. The molecule has 3 aromatic rings. The van der Waals surface area contributed by atoms with Crippen LogP contribution in [0.3, 0.4) is 0 Å². The van der Waals surface area contributed by atoms with Crippen LogP contribution in [0.4, 0.5) is 16.3 Å². The summed E-state index contributed by atoms with van der Waals surface area (Å²) in [6.07, 6.45) is 0. The molecule has 0 aliphatic rings. The van der Waals surface area contributed by atoms with Gasteiger partial charge in [-0.15, -0.1) is 0 Å². The number of urea groups is 1. The van der Waals surface area contributed by atoms with Gasteiger partial charge in [-0.2, -0.15) is 5.10 Å². The molecular formula is C27H35N5O4. The molecule has 0 radical (unpaired) electrons. The fourth-order valence-corrected chi connectivity index (χ4v) is 3.52. The predicted octanol–water partition coefficient (Wildman–Crippen LogP) is 5.07. The standard InChI is InChI=1S/C27H35N5O4/c1-18(2)31(26(34)28-21-10-8-9-11-22(21)36-7)17-25(33)29-24-16-23(27(3,4)5)30-32(24)19-12-14-20(35-6)15-13-19/h8-16,18H,17H2,1-7H3,(H,28,34)(H,29,33). The van der Waals surface area contributed by atoms with Crippen molar-refractivity contribution in [3.05, 3.63) is 60.3 Å². The lowest BCUT2D eigenvalue weighted by atomic mass is 9.92. The van der Waals surface area contributed by atoms with Crippen molar-refractivity contribution in [1.29, 1.82) is 0 Å². The van der Waals surface area contributed by atoms with Gasteiger partial charge in [0.1, 0.15) is 23.9 Å². The van der Waals surface area contributed by atoms with Gasteiger partial charge >= 0.3 is 6.03 Å². The van der Waals surface area contributed by atoms with Crippen LogP contribution in [0.25, 0.3) is 5.69 Å². The van der Waals surface area contributed by atoms with Crippen LogP contribution in [-0.4, -0.2) is 53.4 Å². The number of anilines is 2. The first-order chi connectivity index (χ1) is 17.0. The lowest BCUT2D eigenvalue weighted by molar-refractivity contribution is -0.117. The van der Waals surface area contributed by atoms with Gasteiger partial charge < -0.3 is 25.0 Å². The van der Waals surface area contributed by atoms with E-state index >= 15 is 0 Å². The lowest BCUT2D eigenvalue weighted by Gasteiger charge is -2.26. The summed E-state index contributed by atoms with van der Waals surface area (Å²) in [7, 11) is 3.15. The molecule has 0 fully saturated rings. The van der Waals surface area contributed by atoms with Gasteiger partial charge in [-0.3, -0.25) is 4.79 Å². The van der Waals surface area contributed by atoms with Crippen molar-refractivity contribution in [2.45, 2.75) is 46.1 Å². The normalized spacial score (nSPS) is 11.2. The zero-order valence-corrected chi connectivity index (χ0v) is 22.0. The number of rotatable bonds is 8. The van der Waals surface area contributed by atoms with Gasteiger partial charge in [0.15, 0.2) is 0 Å². The number of amides is 3. The van der Waals surface area contributed by atoms with Crippen LogP contribution in [0.2, 0.25) is 0 Å². The van der Waals surface area contributed by atoms with Gasteiger partial charge in [-0.1, -0.05) is 32.9 Å². The second kappa shape index (κ2) is 11.2. The minimum atomic E-state index is -0.399. The van der Waals surface area contributed by atoms with E-state index in [-0.39, 0.29) is 23.9 Å². The van der Waals surface area contributed by atoms with Gasteiger partial charge in [0.05, 0.1) is 31.3 Å². The van der Waals surface area contributed by atoms with Gasteiger partial charge in [-0.25, -0.2) is 9.48 Å². The first kappa shape index (κ1) is 26.6. The first-order valence-electron chi connectivity index (χ1n) is 11.8. The van der Waals surface area contributed by atoms with Crippen LogP contribution < -0.4 is 20.1 Å². The van der Waals surface area contributed by atoms with Gasteiger partial charge in [-0.05, 0) is 50.2 Å². The zero-order chi connectivity index (χ0) is 26.5. The predicted molar refractivity (Wildman–Crippen MR) is 141 cm³/mol. The van der Waals surface area contributed by atoms with Crippen molar-refractivity contribution in [2.24, 2.45) is 0 Å². The van der Waals surface area contributed by atoms with E-state index < -0.39 is 6.03 Å². The Morgan fingerprint density at radius 2 is 1.67 bits per heavy atom. The summed E-state index contributed by atoms with van der Waals surface area (Å²) in [5.74, 6) is 1.44. The highest BCUT2D eigenvalue weighted by molar-refractivity contribution is 5.97. The summed E-state index contributed by atoms with van der Waals surface area (Å²) in [4.78, 5) is 27.6. The molecular weight excluding hydrogens is 458 g/mol. The number of ether oxygens (including phenoxy) is 2. The number of nitrogens with one attached hydrogen (secondary N) is 2. The molecule has 2 aromatic carbocycles.